The van der Waals surface area contributed by atoms with Gasteiger partial charge in [0.1, 0.15) is 6.61 Å². The first kappa shape index (κ1) is 21.5. The van der Waals surface area contributed by atoms with E-state index in [9.17, 15) is 4.79 Å². The van der Waals surface area contributed by atoms with Crippen molar-refractivity contribution < 1.29 is 9.47 Å². The Balaban J connectivity index is 2.09. The molecule has 0 saturated heterocycles. The van der Waals surface area contributed by atoms with Crippen LogP contribution in [0.1, 0.15) is 59.1 Å². The molecule has 0 saturated carbocycles. The predicted molar refractivity (Wildman–Crippen MR) is 109 cm³/mol. The lowest BCUT2D eigenvalue weighted by Gasteiger charge is -2.26. The van der Waals surface area contributed by atoms with Crippen LogP contribution in [0.15, 0.2) is 35.3 Å². The summed E-state index contributed by atoms with van der Waals surface area (Å²) in [6.45, 7) is 12.9. The molecule has 0 N–H and O–H groups in total. The largest absolute Gasteiger partial charge is 0.485 e. The summed E-state index contributed by atoms with van der Waals surface area (Å²) in [4.78, 5) is 12.4. The van der Waals surface area contributed by atoms with Gasteiger partial charge < -0.3 is 9.47 Å². The number of hydrogen-bond donors (Lipinski definition) is 0. The van der Waals surface area contributed by atoms with Gasteiger partial charge in [0.15, 0.2) is 10.8 Å². The Kier molecular flexibility index (Phi) is 6.71. The second kappa shape index (κ2) is 8.44. The highest BCUT2D eigenvalue weighted by Gasteiger charge is 2.21. The van der Waals surface area contributed by atoms with Crippen molar-refractivity contribution in [3.63, 3.8) is 0 Å². The molecular formula is C21H29ClN2O3. The molecule has 0 bridgehead atoms. The van der Waals surface area contributed by atoms with Crippen LogP contribution in [-0.4, -0.2) is 16.4 Å². The minimum absolute atomic E-state index is 0.0469. The predicted octanol–water partition coefficient (Wildman–Crippen LogP) is 4.89. The van der Waals surface area contributed by atoms with E-state index in [4.69, 9.17) is 21.1 Å². The molecule has 6 heteroatoms. The minimum Gasteiger partial charge on any atom is -0.485 e. The van der Waals surface area contributed by atoms with Crippen LogP contribution >= 0.6 is 11.6 Å². The number of benzene rings is 1. The topological polar surface area (TPSA) is 53.4 Å². The molecule has 5 nitrogen and oxygen atoms in total. The summed E-state index contributed by atoms with van der Waals surface area (Å²) < 4.78 is 13.0. The Morgan fingerprint density at radius 2 is 1.74 bits per heavy atom. The molecule has 0 aliphatic heterocycles. The SMILES string of the molecule is CCCOC(C)(C)c1ccc(COc2cnn(C(C)(C)C)c(=O)c2Cl)cc1. The van der Waals surface area contributed by atoms with Crippen LogP contribution in [0.5, 0.6) is 5.75 Å². The first-order chi connectivity index (χ1) is 12.6. The van der Waals surface area contributed by atoms with Crippen molar-refractivity contribution in [2.45, 2.75) is 65.7 Å². The van der Waals surface area contributed by atoms with E-state index in [1.807, 2.05) is 45.0 Å². The van der Waals surface area contributed by atoms with E-state index >= 15 is 0 Å². The van der Waals surface area contributed by atoms with E-state index in [0.29, 0.717) is 6.61 Å². The Morgan fingerprint density at radius 3 is 2.30 bits per heavy atom. The van der Waals surface area contributed by atoms with Gasteiger partial charge in [0.05, 0.1) is 17.3 Å². The van der Waals surface area contributed by atoms with Crippen molar-refractivity contribution in [1.82, 2.24) is 9.78 Å². The zero-order chi connectivity index (χ0) is 20.2. The number of halogens is 1. The van der Waals surface area contributed by atoms with E-state index in [1.54, 1.807) is 0 Å². The third-order valence-electron chi connectivity index (χ3n) is 4.23. The van der Waals surface area contributed by atoms with Gasteiger partial charge in [-0.05, 0) is 52.2 Å². The minimum atomic E-state index is -0.443. The van der Waals surface area contributed by atoms with Gasteiger partial charge in [0, 0.05) is 6.61 Å². The van der Waals surface area contributed by atoms with Crippen LogP contribution < -0.4 is 10.3 Å². The molecule has 0 fully saturated rings. The number of ether oxygens (including phenoxy) is 2. The first-order valence-corrected chi connectivity index (χ1v) is 9.58. The summed E-state index contributed by atoms with van der Waals surface area (Å²) in [7, 11) is 0. The highest BCUT2D eigenvalue weighted by molar-refractivity contribution is 6.31. The molecule has 2 aromatic rings. The number of nitrogens with zero attached hydrogens (tertiary/aromatic N) is 2. The van der Waals surface area contributed by atoms with Crippen LogP contribution in [-0.2, 0) is 22.5 Å². The smallest absolute Gasteiger partial charge is 0.289 e. The maximum atomic E-state index is 12.4. The lowest BCUT2D eigenvalue weighted by atomic mass is 9.97. The molecule has 2 rings (SSSR count). The van der Waals surface area contributed by atoms with Crippen LogP contribution in [0.3, 0.4) is 0 Å². The van der Waals surface area contributed by atoms with Crippen molar-refractivity contribution in [2.24, 2.45) is 0 Å². The molecule has 1 aromatic heterocycles. The fraction of sp³-hybridized carbons (Fsp3) is 0.524. The Labute approximate surface area is 166 Å². The number of aromatic nitrogens is 2. The zero-order valence-corrected chi connectivity index (χ0v) is 17.8. The molecule has 0 amide bonds. The molecule has 0 unspecified atom stereocenters. The second-order valence-corrected chi connectivity index (χ2v) is 8.43. The van der Waals surface area contributed by atoms with Crippen LogP contribution in [0.4, 0.5) is 0 Å². The molecular weight excluding hydrogens is 364 g/mol. The lowest BCUT2D eigenvalue weighted by molar-refractivity contribution is -0.0212. The summed E-state index contributed by atoms with van der Waals surface area (Å²) in [5, 5.41) is 4.22. The third-order valence-corrected chi connectivity index (χ3v) is 4.58. The summed E-state index contributed by atoms with van der Waals surface area (Å²) >= 11 is 6.19. The molecule has 0 aliphatic rings. The summed E-state index contributed by atoms with van der Waals surface area (Å²) in [5.41, 5.74) is 0.946. The van der Waals surface area contributed by atoms with Crippen LogP contribution in [0.2, 0.25) is 5.02 Å². The molecule has 27 heavy (non-hydrogen) atoms. The lowest BCUT2D eigenvalue weighted by Crippen LogP contribution is -2.36. The van der Waals surface area contributed by atoms with Gasteiger partial charge in [-0.3, -0.25) is 4.79 Å². The van der Waals surface area contributed by atoms with Crippen molar-refractivity contribution in [2.75, 3.05) is 6.61 Å². The quantitative estimate of drug-likeness (QED) is 0.673. The van der Waals surface area contributed by atoms with Crippen LogP contribution in [0.25, 0.3) is 0 Å². The Morgan fingerprint density at radius 1 is 1.11 bits per heavy atom. The second-order valence-electron chi connectivity index (χ2n) is 8.05. The van der Waals surface area contributed by atoms with Gasteiger partial charge in [-0.1, -0.05) is 42.8 Å². The van der Waals surface area contributed by atoms with Crippen molar-refractivity contribution in [1.29, 1.82) is 0 Å². The fourth-order valence-corrected chi connectivity index (χ4v) is 2.78. The number of hydrogen-bond acceptors (Lipinski definition) is 4. The fourth-order valence-electron chi connectivity index (χ4n) is 2.60. The van der Waals surface area contributed by atoms with Gasteiger partial charge in [0.25, 0.3) is 5.56 Å². The van der Waals surface area contributed by atoms with Gasteiger partial charge in [-0.15, -0.1) is 0 Å². The number of rotatable bonds is 7. The van der Waals surface area contributed by atoms with Gasteiger partial charge in [-0.2, -0.15) is 5.10 Å². The standard InChI is InChI=1S/C21H29ClN2O3/c1-7-12-27-21(5,6)16-10-8-15(9-11-16)14-26-17-13-23-24(20(2,3)4)19(25)18(17)22/h8-11,13H,7,12,14H2,1-6H3. The maximum absolute atomic E-state index is 12.4. The molecule has 1 heterocycles. The van der Waals surface area contributed by atoms with Crippen molar-refractivity contribution in [3.05, 3.63) is 57.0 Å². The summed E-state index contributed by atoms with van der Waals surface area (Å²) in [6.07, 6.45) is 2.48. The molecule has 148 valence electrons. The molecule has 0 radical (unpaired) electrons. The highest BCUT2D eigenvalue weighted by atomic mass is 35.5. The average molecular weight is 393 g/mol. The zero-order valence-electron chi connectivity index (χ0n) is 17.0. The Bertz CT molecular complexity index is 821. The summed E-state index contributed by atoms with van der Waals surface area (Å²) in [6, 6.07) is 8.05. The normalized spacial score (nSPS) is 12.3. The first-order valence-electron chi connectivity index (χ1n) is 9.20. The molecule has 0 spiro atoms. The van der Waals surface area contributed by atoms with Gasteiger partial charge in [0.2, 0.25) is 0 Å². The Hall–Kier alpha value is -1.85. The van der Waals surface area contributed by atoms with E-state index in [-0.39, 0.29) is 21.9 Å². The van der Waals surface area contributed by atoms with Gasteiger partial charge in [-0.25, -0.2) is 4.68 Å². The van der Waals surface area contributed by atoms with E-state index in [2.05, 4.69) is 25.9 Å². The maximum Gasteiger partial charge on any atom is 0.289 e. The van der Waals surface area contributed by atoms with E-state index < -0.39 is 5.54 Å². The van der Waals surface area contributed by atoms with Crippen LogP contribution in [0, 0.1) is 0 Å². The van der Waals surface area contributed by atoms with E-state index in [0.717, 1.165) is 24.2 Å². The molecule has 1 aromatic carbocycles. The van der Waals surface area contributed by atoms with E-state index in [1.165, 1.54) is 10.9 Å². The molecule has 0 atom stereocenters. The summed E-state index contributed by atoms with van der Waals surface area (Å²) in [5.74, 6) is 0.290. The van der Waals surface area contributed by atoms with Crippen molar-refractivity contribution in [3.8, 4) is 5.75 Å². The third kappa shape index (κ3) is 5.33. The molecule has 0 aliphatic carbocycles. The average Bonchev–Trinajstić information content (AvgIpc) is 2.60. The highest BCUT2D eigenvalue weighted by Crippen LogP contribution is 2.26. The van der Waals surface area contributed by atoms with Gasteiger partial charge >= 0.3 is 0 Å². The monoisotopic (exact) mass is 392 g/mol. The van der Waals surface area contributed by atoms with Crippen molar-refractivity contribution >= 4 is 11.6 Å².